The molecule has 4 rings (SSSR count). The van der Waals surface area contributed by atoms with E-state index in [0.29, 0.717) is 37.5 Å². The number of hydrogen-bond donors (Lipinski definition) is 1. The molecule has 0 amide bonds. The molecule has 9 heteroatoms. The van der Waals surface area contributed by atoms with Crippen LogP contribution in [0, 0.1) is 23.7 Å². The summed E-state index contributed by atoms with van der Waals surface area (Å²) in [4.78, 5) is 8.64. The largest absolute Gasteiger partial charge is 0.434 e. The Kier molecular flexibility index (Phi) is 4.28. The monoisotopic (exact) mass is 398 g/mol. The number of nitriles is 1. The highest BCUT2D eigenvalue weighted by Crippen LogP contribution is 2.45. The lowest BCUT2D eigenvalue weighted by atomic mass is 9.79. The highest BCUT2D eigenvalue weighted by molar-refractivity contribution is 6.36. The zero-order valence-corrected chi connectivity index (χ0v) is 15.5. The molecule has 144 valence electrons. The summed E-state index contributed by atoms with van der Waals surface area (Å²) >= 11 is 6.21. The number of pyridine rings is 1. The molecule has 0 bridgehead atoms. The summed E-state index contributed by atoms with van der Waals surface area (Å²) in [6.45, 7) is 4.05. The third-order valence-electron chi connectivity index (χ3n) is 5.56. The van der Waals surface area contributed by atoms with E-state index < -0.39 is 17.4 Å². The molecule has 5 nitrogen and oxygen atoms in total. The van der Waals surface area contributed by atoms with E-state index in [4.69, 9.17) is 16.3 Å². The molecular weight excluding hydrogens is 381 g/mol. The van der Waals surface area contributed by atoms with Gasteiger partial charge < -0.3 is 14.6 Å². The van der Waals surface area contributed by atoms with Gasteiger partial charge in [0.1, 0.15) is 17.1 Å². The van der Waals surface area contributed by atoms with Gasteiger partial charge in [0.2, 0.25) is 0 Å². The molecule has 0 radical (unpaired) electrons. The van der Waals surface area contributed by atoms with E-state index in [1.165, 1.54) is 0 Å². The summed E-state index contributed by atoms with van der Waals surface area (Å²) in [6.07, 6.45) is -2.08. The Labute approximate surface area is 159 Å². The first-order chi connectivity index (χ1) is 12.8. The van der Waals surface area contributed by atoms with Gasteiger partial charge in [0.05, 0.1) is 22.8 Å². The number of anilines is 1. The van der Waals surface area contributed by atoms with Crippen molar-refractivity contribution in [3.63, 3.8) is 0 Å². The third-order valence-corrected chi connectivity index (χ3v) is 6.03. The van der Waals surface area contributed by atoms with Gasteiger partial charge in [-0.25, -0.2) is 4.98 Å². The van der Waals surface area contributed by atoms with Crippen LogP contribution in [0.1, 0.15) is 36.2 Å². The number of nitrogens with one attached hydrogen (secondary N) is 1. The van der Waals surface area contributed by atoms with Crippen molar-refractivity contribution in [2.45, 2.75) is 32.4 Å². The molecular formula is C18H18ClF3N4O. The SMILES string of the molecule is Cc1[nH]c2c(N3CCCC4(CCOC4)C3)c(C#N)c(C(F)(F)F)nc2c1Cl. The van der Waals surface area contributed by atoms with Gasteiger partial charge in [0.25, 0.3) is 0 Å². The van der Waals surface area contributed by atoms with Crippen molar-refractivity contribution in [2.75, 3.05) is 31.2 Å². The zero-order chi connectivity index (χ0) is 19.4. The van der Waals surface area contributed by atoms with Gasteiger partial charge in [-0.15, -0.1) is 0 Å². The molecule has 27 heavy (non-hydrogen) atoms. The van der Waals surface area contributed by atoms with E-state index in [-0.39, 0.29) is 21.6 Å². The van der Waals surface area contributed by atoms with Crippen molar-refractivity contribution in [3.05, 3.63) is 22.0 Å². The summed E-state index contributed by atoms with van der Waals surface area (Å²) in [5.74, 6) is 0. The Balaban J connectivity index is 1.95. The van der Waals surface area contributed by atoms with Gasteiger partial charge in [0.15, 0.2) is 5.69 Å². The standard InChI is InChI=1S/C18H18ClF3N4O/c1-10-12(19)13-14(24-10)15(11(7-23)16(25-13)18(20,21)22)26-5-2-3-17(8-26)4-6-27-9-17/h24H,2-6,8-9H2,1H3. The first-order valence-electron chi connectivity index (χ1n) is 8.77. The fourth-order valence-corrected chi connectivity index (χ4v) is 4.45. The molecule has 1 N–H and O–H groups in total. The van der Waals surface area contributed by atoms with Crippen LogP contribution in [0.4, 0.5) is 18.9 Å². The van der Waals surface area contributed by atoms with Crippen molar-refractivity contribution >= 4 is 28.3 Å². The lowest BCUT2D eigenvalue weighted by Gasteiger charge is -2.41. The third kappa shape index (κ3) is 2.93. The van der Waals surface area contributed by atoms with Gasteiger partial charge in [0, 0.05) is 30.8 Å². The highest BCUT2D eigenvalue weighted by Gasteiger charge is 2.43. The van der Waals surface area contributed by atoms with Crippen LogP contribution in [0.25, 0.3) is 11.0 Å². The van der Waals surface area contributed by atoms with Crippen LogP contribution in [-0.2, 0) is 10.9 Å². The maximum atomic E-state index is 13.6. The number of piperidine rings is 1. The number of aromatic amines is 1. The van der Waals surface area contributed by atoms with E-state index in [1.54, 1.807) is 13.0 Å². The van der Waals surface area contributed by atoms with Crippen LogP contribution < -0.4 is 4.90 Å². The molecule has 0 saturated carbocycles. The smallest absolute Gasteiger partial charge is 0.381 e. The number of nitrogens with zero attached hydrogens (tertiary/aromatic N) is 3. The molecule has 2 aromatic heterocycles. The van der Waals surface area contributed by atoms with Crippen LogP contribution in [0.5, 0.6) is 0 Å². The molecule has 1 spiro atoms. The van der Waals surface area contributed by atoms with E-state index >= 15 is 0 Å². The quantitative estimate of drug-likeness (QED) is 0.772. The Morgan fingerprint density at radius 2 is 2.15 bits per heavy atom. The molecule has 2 aliphatic heterocycles. The fraction of sp³-hybridized carbons (Fsp3) is 0.556. The van der Waals surface area contributed by atoms with Gasteiger partial charge in [-0.2, -0.15) is 18.4 Å². The molecule has 2 fully saturated rings. The number of fused-ring (bicyclic) bond motifs is 1. The molecule has 0 aromatic carbocycles. The summed E-state index contributed by atoms with van der Waals surface area (Å²) in [6, 6.07) is 1.75. The molecule has 1 unspecified atom stereocenters. The topological polar surface area (TPSA) is 64.9 Å². The van der Waals surface area contributed by atoms with Crippen molar-refractivity contribution in [1.82, 2.24) is 9.97 Å². The minimum absolute atomic E-state index is 0.0535. The van der Waals surface area contributed by atoms with Crippen molar-refractivity contribution in [1.29, 1.82) is 5.26 Å². The van der Waals surface area contributed by atoms with Gasteiger partial charge in [-0.1, -0.05) is 11.6 Å². The predicted octanol–water partition coefficient (Wildman–Crippen LogP) is 4.42. The lowest BCUT2D eigenvalue weighted by Crippen LogP contribution is -2.44. The number of aromatic nitrogens is 2. The van der Waals surface area contributed by atoms with Crippen LogP contribution >= 0.6 is 11.6 Å². The second-order valence-corrected chi connectivity index (χ2v) is 7.79. The highest BCUT2D eigenvalue weighted by atomic mass is 35.5. The van der Waals surface area contributed by atoms with Gasteiger partial charge in [-0.3, -0.25) is 0 Å². The molecule has 2 aliphatic rings. The summed E-state index contributed by atoms with van der Waals surface area (Å²) in [7, 11) is 0. The van der Waals surface area contributed by atoms with Crippen LogP contribution in [0.3, 0.4) is 0 Å². The fourth-order valence-electron chi connectivity index (χ4n) is 4.27. The minimum Gasteiger partial charge on any atom is -0.381 e. The number of aryl methyl sites for hydroxylation is 1. The Morgan fingerprint density at radius 1 is 1.37 bits per heavy atom. The van der Waals surface area contributed by atoms with Crippen LogP contribution in [0.15, 0.2) is 0 Å². The van der Waals surface area contributed by atoms with Crippen molar-refractivity contribution in [3.8, 4) is 6.07 Å². The normalized spacial score (nSPS) is 23.3. The number of hydrogen-bond acceptors (Lipinski definition) is 4. The summed E-state index contributed by atoms with van der Waals surface area (Å²) in [5.41, 5.74) is -0.504. The summed E-state index contributed by atoms with van der Waals surface area (Å²) in [5, 5.41) is 9.75. The van der Waals surface area contributed by atoms with Crippen molar-refractivity contribution in [2.24, 2.45) is 5.41 Å². The maximum Gasteiger partial charge on any atom is 0.434 e. The second-order valence-electron chi connectivity index (χ2n) is 7.41. The van der Waals surface area contributed by atoms with Gasteiger partial charge >= 0.3 is 6.18 Å². The van der Waals surface area contributed by atoms with Crippen LogP contribution in [-0.4, -0.2) is 36.3 Å². The van der Waals surface area contributed by atoms with E-state index in [2.05, 4.69) is 9.97 Å². The Morgan fingerprint density at radius 3 is 2.78 bits per heavy atom. The lowest BCUT2D eigenvalue weighted by molar-refractivity contribution is -0.141. The first-order valence-corrected chi connectivity index (χ1v) is 9.15. The molecule has 0 aliphatic carbocycles. The number of H-pyrrole nitrogens is 1. The summed E-state index contributed by atoms with van der Waals surface area (Å²) < 4.78 is 46.5. The van der Waals surface area contributed by atoms with E-state index in [0.717, 1.165) is 19.3 Å². The molecule has 4 heterocycles. The Bertz CT molecular complexity index is 941. The first kappa shape index (κ1) is 18.4. The van der Waals surface area contributed by atoms with Gasteiger partial charge in [-0.05, 0) is 26.2 Å². The molecule has 2 saturated heterocycles. The number of ether oxygens (including phenoxy) is 1. The average Bonchev–Trinajstić information content (AvgIpc) is 3.17. The maximum absolute atomic E-state index is 13.6. The number of rotatable bonds is 1. The number of halogens is 4. The molecule has 2 aromatic rings. The average molecular weight is 399 g/mol. The van der Waals surface area contributed by atoms with Crippen molar-refractivity contribution < 1.29 is 17.9 Å². The zero-order valence-electron chi connectivity index (χ0n) is 14.7. The minimum atomic E-state index is -4.74. The Hall–Kier alpha value is -1.98. The van der Waals surface area contributed by atoms with Crippen LogP contribution in [0.2, 0.25) is 5.02 Å². The van der Waals surface area contributed by atoms with E-state index in [1.807, 2.05) is 4.90 Å². The second kappa shape index (κ2) is 6.28. The number of alkyl halides is 3. The predicted molar refractivity (Wildman–Crippen MR) is 94.9 cm³/mol. The molecule has 1 atom stereocenters. The van der Waals surface area contributed by atoms with E-state index in [9.17, 15) is 18.4 Å².